The summed E-state index contributed by atoms with van der Waals surface area (Å²) in [5, 5.41) is 0. The molecular formula is C33H44O8. The zero-order chi connectivity index (χ0) is 30.2. The van der Waals surface area contributed by atoms with Gasteiger partial charge in [0.05, 0.1) is 0 Å². The van der Waals surface area contributed by atoms with Gasteiger partial charge in [-0.1, -0.05) is 0 Å². The molecule has 8 nitrogen and oxygen atoms in total. The van der Waals surface area contributed by atoms with E-state index in [-0.39, 0.29) is 26.4 Å². The number of rotatable bonds is 12. The molecule has 0 spiro atoms. The van der Waals surface area contributed by atoms with E-state index in [1.165, 1.54) is 0 Å². The van der Waals surface area contributed by atoms with Gasteiger partial charge in [0, 0.05) is 0 Å². The van der Waals surface area contributed by atoms with Crippen molar-refractivity contribution < 1.29 is 36.6 Å². The van der Waals surface area contributed by atoms with E-state index in [1.807, 2.05) is 83.1 Å². The van der Waals surface area contributed by atoms with Crippen LogP contribution < -0.4 is 0 Å². The molecule has 0 aliphatic carbocycles. The molecule has 0 atom stereocenters. The van der Waals surface area contributed by atoms with Crippen LogP contribution in [0.25, 0.3) is 0 Å². The third kappa shape index (κ3) is 6.26. The lowest BCUT2D eigenvalue weighted by atomic mass is 10.1. The first-order chi connectivity index (χ1) is 19.2. The molecule has 0 aliphatic heterocycles. The van der Waals surface area contributed by atoms with Crippen molar-refractivity contribution in [3.63, 3.8) is 0 Å². The van der Waals surface area contributed by atoms with Crippen molar-refractivity contribution in [3.8, 4) is 0 Å². The van der Waals surface area contributed by atoms with Crippen molar-refractivity contribution in [2.24, 2.45) is 0 Å². The Morgan fingerprint density at radius 1 is 0.341 bits per heavy atom. The van der Waals surface area contributed by atoms with E-state index in [0.717, 1.165) is 67.5 Å². The van der Waals surface area contributed by atoms with Gasteiger partial charge >= 0.3 is 6.16 Å². The average Bonchev–Trinajstić information content (AvgIpc) is 3.54. The van der Waals surface area contributed by atoms with E-state index in [0.29, 0.717) is 23.0 Å². The largest absolute Gasteiger partial charge is 0.463 e. The molecule has 0 saturated heterocycles. The van der Waals surface area contributed by atoms with Gasteiger partial charge in [-0.2, -0.15) is 0 Å². The van der Waals surface area contributed by atoms with Crippen LogP contribution in [0.15, 0.2) is 17.7 Å². The summed E-state index contributed by atoms with van der Waals surface area (Å²) < 4.78 is 49.5. The number of ether oxygens (including phenoxy) is 4. The Kier molecular flexibility index (Phi) is 9.09. The molecule has 4 aromatic rings. The summed E-state index contributed by atoms with van der Waals surface area (Å²) in [5.41, 5.74) is 8.31. The third-order valence-electron chi connectivity index (χ3n) is 8.66. The van der Waals surface area contributed by atoms with Gasteiger partial charge in [0.15, 0.2) is 0 Å². The molecule has 4 aromatic heterocycles. The maximum absolute atomic E-state index is 6.38. The molecule has 224 valence electrons. The number of hydrogen-bond acceptors (Lipinski definition) is 8. The quantitative estimate of drug-likeness (QED) is 0.157. The fourth-order valence-electron chi connectivity index (χ4n) is 4.66. The van der Waals surface area contributed by atoms with Gasteiger partial charge < -0.3 is 17.7 Å². The topological polar surface area (TPSA) is 89.5 Å². The van der Waals surface area contributed by atoms with Gasteiger partial charge in [0.1, 0.15) is 72.5 Å². The van der Waals surface area contributed by atoms with Crippen molar-refractivity contribution >= 4 is 0 Å². The zero-order valence-corrected chi connectivity index (χ0v) is 26.6. The fraction of sp³-hybridized carbons (Fsp3) is 0.515. The first-order valence-corrected chi connectivity index (χ1v) is 14.0. The summed E-state index contributed by atoms with van der Waals surface area (Å²) in [7, 11) is 0. The maximum Gasteiger partial charge on any atom is 0.414 e. The van der Waals surface area contributed by atoms with Crippen LogP contribution in [-0.2, 0) is 45.4 Å². The van der Waals surface area contributed by atoms with Crippen LogP contribution in [0.2, 0.25) is 0 Å². The maximum atomic E-state index is 6.38. The summed E-state index contributed by atoms with van der Waals surface area (Å²) in [6.07, 6.45) is -1.94. The average molecular weight is 569 g/mol. The normalized spacial score (nSPS) is 12.2. The lowest BCUT2D eigenvalue weighted by Crippen LogP contribution is -2.42. The minimum atomic E-state index is -1.94. The van der Waals surface area contributed by atoms with E-state index >= 15 is 0 Å². The lowest BCUT2D eigenvalue weighted by Gasteiger charge is -2.31. The minimum Gasteiger partial charge on any atom is -0.463 e. The number of furan rings is 4. The summed E-state index contributed by atoms with van der Waals surface area (Å²) in [6.45, 7) is 24.0. The van der Waals surface area contributed by atoms with Crippen molar-refractivity contribution in [2.45, 2.75) is 116 Å². The van der Waals surface area contributed by atoms with E-state index in [1.54, 1.807) is 0 Å². The van der Waals surface area contributed by atoms with Gasteiger partial charge in [0.2, 0.25) is 0 Å². The Balaban J connectivity index is 1.70. The van der Waals surface area contributed by atoms with Crippen LogP contribution in [0.5, 0.6) is 0 Å². The van der Waals surface area contributed by atoms with Gasteiger partial charge in [-0.15, -0.1) is 0 Å². The molecular weight excluding hydrogens is 524 g/mol. The van der Waals surface area contributed by atoms with Crippen molar-refractivity contribution in [2.75, 3.05) is 0 Å². The zero-order valence-electron chi connectivity index (χ0n) is 26.6. The van der Waals surface area contributed by atoms with E-state index in [9.17, 15) is 0 Å². The van der Waals surface area contributed by atoms with E-state index in [2.05, 4.69) is 0 Å². The Morgan fingerprint density at radius 3 is 0.683 bits per heavy atom. The molecule has 0 aliphatic rings. The molecule has 4 rings (SSSR count). The fourth-order valence-corrected chi connectivity index (χ4v) is 4.66. The van der Waals surface area contributed by atoms with Crippen LogP contribution in [0.4, 0.5) is 0 Å². The van der Waals surface area contributed by atoms with Crippen LogP contribution in [0.1, 0.15) is 90.6 Å². The van der Waals surface area contributed by atoms with Gasteiger partial charge in [-0.25, -0.2) is 0 Å². The molecule has 0 aromatic carbocycles. The molecule has 0 saturated carbocycles. The van der Waals surface area contributed by atoms with Crippen molar-refractivity contribution in [1.29, 1.82) is 0 Å². The van der Waals surface area contributed by atoms with Crippen molar-refractivity contribution in [1.82, 2.24) is 0 Å². The Bertz CT molecular complexity index is 1290. The highest BCUT2D eigenvalue weighted by Gasteiger charge is 2.39. The van der Waals surface area contributed by atoms with Gasteiger partial charge in [0.25, 0.3) is 0 Å². The highest BCUT2D eigenvalue weighted by atomic mass is 17.0. The summed E-state index contributed by atoms with van der Waals surface area (Å²) in [4.78, 5) is 0. The SMILES string of the molecule is Cc1oc(COC(OCc2oc(C)c(C)c2C)(OCc2oc(C)c(C)c2C)OCc2oc(C)c(C)c2C)c(C)c1C. The van der Waals surface area contributed by atoms with E-state index in [4.69, 9.17) is 36.6 Å². The van der Waals surface area contributed by atoms with Gasteiger partial charge in [-0.05, 0) is 128 Å². The lowest BCUT2D eigenvalue weighted by molar-refractivity contribution is -0.515. The highest BCUT2D eigenvalue weighted by Crippen LogP contribution is 2.32. The Morgan fingerprint density at radius 2 is 0.537 bits per heavy atom. The minimum absolute atomic E-state index is 0.0556. The monoisotopic (exact) mass is 568 g/mol. The van der Waals surface area contributed by atoms with Crippen LogP contribution >= 0.6 is 0 Å². The first-order valence-electron chi connectivity index (χ1n) is 14.0. The standard InChI is InChI=1S/C33H44O8/c1-17-21(5)29(38-25(17)9)13-34-33(35-14-30-22(6)18(2)26(10)39-30,36-15-31-23(7)19(3)27(11)40-31)37-16-32-24(8)20(4)28(12)41-32/h13-16H2,1-12H3. The van der Waals surface area contributed by atoms with Crippen LogP contribution in [-0.4, -0.2) is 6.16 Å². The van der Waals surface area contributed by atoms with Crippen LogP contribution in [0, 0.1) is 83.1 Å². The van der Waals surface area contributed by atoms with Gasteiger partial charge in [-0.3, -0.25) is 18.9 Å². The number of aryl methyl sites for hydroxylation is 4. The molecule has 0 unspecified atom stereocenters. The summed E-state index contributed by atoms with van der Waals surface area (Å²) in [6, 6.07) is 0. The smallest absolute Gasteiger partial charge is 0.414 e. The first kappa shape index (κ1) is 30.9. The summed E-state index contributed by atoms with van der Waals surface area (Å²) >= 11 is 0. The molecule has 4 heterocycles. The van der Waals surface area contributed by atoms with Crippen molar-refractivity contribution in [3.05, 3.63) is 90.6 Å². The molecule has 0 N–H and O–H groups in total. The third-order valence-corrected chi connectivity index (χ3v) is 8.66. The Hall–Kier alpha value is -3.04. The van der Waals surface area contributed by atoms with E-state index < -0.39 is 6.16 Å². The predicted octanol–water partition coefficient (Wildman–Crippen LogP) is 8.54. The molecule has 0 amide bonds. The molecule has 8 heteroatoms. The Labute approximate surface area is 242 Å². The molecule has 0 bridgehead atoms. The molecule has 41 heavy (non-hydrogen) atoms. The predicted molar refractivity (Wildman–Crippen MR) is 154 cm³/mol. The second kappa shape index (κ2) is 12.1. The molecule has 0 radical (unpaired) electrons. The number of hydrogen-bond donors (Lipinski definition) is 0. The second-order valence-corrected chi connectivity index (χ2v) is 11.0. The summed E-state index contributed by atoms with van der Waals surface area (Å²) in [5.74, 6) is 6.01. The molecule has 0 fully saturated rings. The highest BCUT2D eigenvalue weighted by molar-refractivity contribution is 5.32. The second-order valence-electron chi connectivity index (χ2n) is 11.0. The van der Waals surface area contributed by atoms with Crippen LogP contribution in [0.3, 0.4) is 0 Å².